The molecule has 5 nitrogen and oxygen atoms in total. The largest absolute Gasteiger partial charge is 0.341 e. The first-order valence-corrected chi connectivity index (χ1v) is 7.43. The zero-order chi connectivity index (χ0) is 15.4. The highest BCUT2D eigenvalue weighted by molar-refractivity contribution is 5.93. The van der Waals surface area contributed by atoms with Crippen LogP contribution in [-0.2, 0) is 11.2 Å². The Morgan fingerprint density at radius 1 is 1.18 bits per heavy atom. The molecular weight excluding hydrogens is 276 g/mol. The Morgan fingerprint density at radius 3 is 2.73 bits per heavy atom. The fraction of sp³-hybridized carbons (Fsp3) is 0.235. The average Bonchev–Trinajstić information content (AvgIpc) is 2.97. The van der Waals surface area contributed by atoms with Gasteiger partial charge in [0, 0.05) is 31.3 Å². The Labute approximate surface area is 129 Å². The number of carbonyl (C=O) groups excluding carboxylic acids is 1. The van der Waals surface area contributed by atoms with Crippen molar-refractivity contribution in [2.24, 2.45) is 0 Å². The van der Waals surface area contributed by atoms with E-state index >= 15 is 0 Å². The maximum Gasteiger partial charge on any atom is 0.227 e. The van der Waals surface area contributed by atoms with E-state index in [0.717, 1.165) is 17.0 Å². The molecule has 112 valence electrons. The molecule has 0 aliphatic heterocycles. The number of nitrogens with zero attached hydrogens (tertiary/aromatic N) is 3. The summed E-state index contributed by atoms with van der Waals surface area (Å²) < 4.78 is 0. The van der Waals surface area contributed by atoms with Crippen LogP contribution in [0, 0.1) is 0 Å². The lowest BCUT2D eigenvalue weighted by Gasteiger charge is -2.20. The first kappa shape index (κ1) is 14.3. The summed E-state index contributed by atoms with van der Waals surface area (Å²) in [5.41, 5.74) is 2.53. The maximum absolute atomic E-state index is 12.4. The van der Waals surface area contributed by atoms with E-state index in [0.29, 0.717) is 25.0 Å². The number of hydrogen-bond acceptors (Lipinski definition) is 3. The van der Waals surface area contributed by atoms with Gasteiger partial charge in [-0.15, -0.1) is 0 Å². The smallest absolute Gasteiger partial charge is 0.227 e. The van der Waals surface area contributed by atoms with Gasteiger partial charge in [-0.25, -0.2) is 9.97 Å². The molecule has 22 heavy (non-hydrogen) atoms. The lowest BCUT2D eigenvalue weighted by Crippen LogP contribution is -2.30. The number of aromatic nitrogens is 3. The number of benzene rings is 1. The van der Waals surface area contributed by atoms with Gasteiger partial charge in [0.2, 0.25) is 5.91 Å². The van der Waals surface area contributed by atoms with Crippen molar-refractivity contribution in [1.82, 2.24) is 15.0 Å². The molecule has 5 heteroatoms. The molecule has 0 spiro atoms. The van der Waals surface area contributed by atoms with Gasteiger partial charge in [-0.05, 0) is 31.2 Å². The van der Waals surface area contributed by atoms with Crippen molar-refractivity contribution >= 4 is 22.8 Å². The molecule has 0 aliphatic carbocycles. The molecule has 0 unspecified atom stereocenters. The third kappa shape index (κ3) is 2.98. The van der Waals surface area contributed by atoms with E-state index < -0.39 is 0 Å². The lowest BCUT2D eigenvalue weighted by atomic mass is 10.2. The Morgan fingerprint density at radius 2 is 2.00 bits per heavy atom. The van der Waals surface area contributed by atoms with Gasteiger partial charge in [0.25, 0.3) is 0 Å². The summed E-state index contributed by atoms with van der Waals surface area (Å²) in [7, 11) is 0. The van der Waals surface area contributed by atoms with E-state index in [1.807, 2.05) is 49.4 Å². The number of carbonyl (C=O) groups is 1. The Bertz CT molecular complexity index is 733. The van der Waals surface area contributed by atoms with Crippen LogP contribution >= 0.6 is 0 Å². The standard InChI is InChI=1S/C17H18N4O/c1-2-21(13-7-4-3-5-8-13)16(22)11-10-15-19-14-9-6-12-18-17(14)20-15/h3-9,12H,2,10-11H2,1H3,(H,18,19,20). The predicted molar refractivity (Wildman–Crippen MR) is 86.7 cm³/mol. The van der Waals surface area contributed by atoms with Crippen molar-refractivity contribution in [3.8, 4) is 0 Å². The van der Waals surface area contributed by atoms with Crippen molar-refractivity contribution in [2.75, 3.05) is 11.4 Å². The number of anilines is 1. The number of aryl methyl sites for hydroxylation is 1. The van der Waals surface area contributed by atoms with Gasteiger partial charge in [-0.2, -0.15) is 0 Å². The summed E-state index contributed by atoms with van der Waals surface area (Å²) in [6.45, 7) is 2.64. The molecule has 3 rings (SSSR count). The lowest BCUT2D eigenvalue weighted by molar-refractivity contribution is -0.118. The summed E-state index contributed by atoms with van der Waals surface area (Å²) in [6.07, 6.45) is 2.72. The monoisotopic (exact) mass is 294 g/mol. The minimum absolute atomic E-state index is 0.0992. The summed E-state index contributed by atoms with van der Waals surface area (Å²) in [6, 6.07) is 13.5. The van der Waals surface area contributed by atoms with E-state index in [9.17, 15) is 4.79 Å². The Hall–Kier alpha value is -2.69. The molecule has 2 aromatic heterocycles. The van der Waals surface area contributed by atoms with Crippen LogP contribution in [0.4, 0.5) is 5.69 Å². The highest BCUT2D eigenvalue weighted by atomic mass is 16.2. The molecular formula is C17H18N4O. The SMILES string of the molecule is CCN(C(=O)CCc1nc2ncccc2[nH]1)c1ccccc1. The summed E-state index contributed by atoms with van der Waals surface area (Å²) in [5, 5.41) is 0. The number of rotatable bonds is 5. The van der Waals surface area contributed by atoms with E-state index in [1.54, 1.807) is 11.1 Å². The molecule has 0 aliphatic rings. The third-order valence-electron chi connectivity index (χ3n) is 3.57. The summed E-state index contributed by atoms with van der Waals surface area (Å²) in [5.74, 6) is 0.897. The minimum atomic E-state index is 0.0992. The second kappa shape index (κ2) is 6.39. The molecule has 0 atom stereocenters. The van der Waals surface area contributed by atoms with Crippen molar-refractivity contribution in [2.45, 2.75) is 19.8 Å². The van der Waals surface area contributed by atoms with Crippen LogP contribution in [0.2, 0.25) is 0 Å². The van der Waals surface area contributed by atoms with Crippen LogP contribution < -0.4 is 4.90 Å². The van der Waals surface area contributed by atoms with Crippen LogP contribution in [0.3, 0.4) is 0 Å². The maximum atomic E-state index is 12.4. The first-order valence-electron chi connectivity index (χ1n) is 7.43. The summed E-state index contributed by atoms with van der Waals surface area (Å²) in [4.78, 5) is 26.0. The highest BCUT2D eigenvalue weighted by Gasteiger charge is 2.14. The van der Waals surface area contributed by atoms with Crippen molar-refractivity contribution < 1.29 is 4.79 Å². The van der Waals surface area contributed by atoms with Gasteiger partial charge in [0.05, 0.1) is 5.52 Å². The number of hydrogen-bond donors (Lipinski definition) is 1. The molecule has 3 aromatic rings. The van der Waals surface area contributed by atoms with Crippen molar-refractivity contribution in [1.29, 1.82) is 0 Å². The van der Waals surface area contributed by atoms with Gasteiger partial charge in [-0.3, -0.25) is 4.79 Å². The first-order chi connectivity index (χ1) is 10.8. The molecule has 2 heterocycles. The molecule has 0 saturated carbocycles. The van der Waals surface area contributed by atoms with Crippen LogP contribution in [0.5, 0.6) is 0 Å². The molecule has 0 fully saturated rings. The van der Waals surface area contributed by atoms with Crippen LogP contribution in [0.15, 0.2) is 48.7 Å². The van der Waals surface area contributed by atoms with Gasteiger partial charge in [0.15, 0.2) is 5.65 Å². The van der Waals surface area contributed by atoms with E-state index in [2.05, 4.69) is 15.0 Å². The summed E-state index contributed by atoms with van der Waals surface area (Å²) >= 11 is 0. The normalized spacial score (nSPS) is 10.8. The average molecular weight is 294 g/mol. The second-order valence-electron chi connectivity index (χ2n) is 5.03. The number of para-hydroxylation sites is 1. The minimum Gasteiger partial charge on any atom is -0.341 e. The molecule has 1 N–H and O–H groups in total. The number of aromatic amines is 1. The van der Waals surface area contributed by atoms with Gasteiger partial charge < -0.3 is 9.88 Å². The molecule has 1 aromatic carbocycles. The quantitative estimate of drug-likeness (QED) is 0.787. The third-order valence-corrected chi connectivity index (χ3v) is 3.57. The predicted octanol–water partition coefficient (Wildman–Crippen LogP) is 2.94. The van der Waals surface area contributed by atoms with Crippen LogP contribution in [-0.4, -0.2) is 27.4 Å². The molecule has 0 saturated heterocycles. The molecule has 0 radical (unpaired) electrons. The van der Waals surface area contributed by atoms with Crippen LogP contribution in [0.25, 0.3) is 11.2 Å². The van der Waals surface area contributed by atoms with E-state index in [-0.39, 0.29) is 5.91 Å². The van der Waals surface area contributed by atoms with Crippen molar-refractivity contribution in [3.63, 3.8) is 0 Å². The number of nitrogens with one attached hydrogen (secondary N) is 1. The van der Waals surface area contributed by atoms with E-state index in [4.69, 9.17) is 0 Å². The number of H-pyrrole nitrogens is 1. The molecule has 1 amide bonds. The topological polar surface area (TPSA) is 61.9 Å². The fourth-order valence-corrected chi connectivity index (χ4v) is 2.48. The van der Waals surface area contributed by atoms with Gasteiger partial charge >= 0.3 is 0 Å². The fourth-order valence-electron chi connectivity index (χ4n) is 2.48. The van der Waals surface area contributed by atoms with Gasteiger partial charge in [0.1, 0.15) is 5.82 Å². The zero-order valence-electron chi connectivity index (χ0n) is 12.5. The highest BCUT2D eigenvalue weighted by Crippen LogP contribution is 2.15. The zero-order valence-corrected chi connectivity index (χ0v) is 12.5. The Balaban J connectivity index is 1.68. The Kier molecular flexibility index (Phi) is 4.14. The number of amides is 1. The number of imidazole rings is 1. The van der Waals surface area contributed by atoms with Crippen molar-refractivity contribution in [3.05, 3.63) is 54.5 Å². The number of pyridine rings is 1. The van der Waals surface area contributed by atoms with Gasteiger partial charge in [-0.1, -0.05) is 18.2 Å². The second-order valence-corrected chi connectivity index (χ2v) is 5.03. The van der Waals surface area contributed by atoms with Crippen LogP contribution in [0.1, 0.15) is 19.2 Å². The van der Waals surface area contributed by atoms with E-state index in [1.165, 1.54) is 0 Å². The number of fused-ring (bicyclic) bond motifs is 1. The molecule has 0 bridgehead atoms.